The maximum absolute atomic E-state index is 2.24. The predicted molar refractivity (Wildman–Crippen MR) is 145 cm³/mol. The number of fused-ring (bicyclic) bond motifs is 6. The fourth-order valence-electron chi connectivity index (χ4n) is 5.17. The van der Waals surface area contributed by atoms with Gasteiger partial charge in [-0.2, -0.15) is 0 Å². The molecule has 5 aromatic rings. The van der Waals surface area contributed by atoms with E-state index in [1.165, 1.54) is 55.6 Å². The zero-order valence-electron chi connectivity index (χ0n) is 19.1. The third kappa shape index (κ3) is 3.89. The van der Waals surface area contributed by atoms with Gasteiger partial charge in [0.25, 0.3) is 0 Å². The summed E-state index contributed by atoms with van der Waals surface area (Å²) in [6.07, 6.45) is 6.58. The lowest BCUT2D eigenvalue weighted by Crippen LogP contribution is -1.85. The van der Waals surface area contributed by atoms with E-state index in [2.05, 4.69) is 127 Å². The fourth-order valence-corrected chi connectivity index (χ4v) is 5.17. The first kappa shape index (κ1) is 20.4. The predicted octanol–water partition coefficient (Wildman–Crippen LogP) is 8.69. The lowest BCUT2D eigenvalue weighted by atomic mass is 10.0. The lowest BCUT2D eigenvalue weighted by Gasteiger charge is -2.04. The van der Waals surface area contributed by atoms with Crippen molar-refractivity contribution in [2.75, 3.05) is 0 Å². The molecule has 0 fully saturated rings. The molecule has 0 radical (unpaired) electrons. The molecule has 0 spiro atoms. The summed E-state index contributed by atoms with van der Waals surface area (Å²) in [6, 6.07) is 43.1. The van der Waals surface area contributed by atoms with Gasteiger partial charge in [-0.05, 0) is 68.5 Å². The maximum Gasteiger partial charge on any atom is -0.000751 e. The molecule has 0 aromatic heterocycles. The van der Waals surface area contributed by atoms with Crippen LogP contribution in [-0.2, 0) is 12.8 Å². The monoisotopic (exact) mass is 434 g/mol. The Bertz CT molecular complexity index is 1440. The first-order valence-corrected chi connectivity index (χ1v) is 12.0. The molecule has 7 rings (SSSR count). The number of rotatable bonds is 2. The van der Waals surface area contributed by atoms with Crippen LogP contribution < -0.4 is 0 Å². The fraction of sp³-hybridized carbons (Fsp3) is 0.0588. The summed E-state index contributed by atoms with van der Waals surface area (Å²) < 4.78 is 0. The van der Waals surface area contributed by atoms with Crippen molar-refractivity contribution in [2.24, 2.45) is 0 Å². The average Bonchev–Trinajstić information content (AvgIpc) is 3.47. The van der Waals surface area contributed by atoms with Gasteiger partial charge in [0.2, 0.25) is 0 Å². The second-order valence-electron chi connectivity index (χ2n) is 8.94. The molecule has 2 aliphatic rings. The van der Waals surface area contributed by atoms with Gasteiger partial charge < -0.3 is 0 Å². The van der Waals surface area contributed by atoms with Crippen LogP contribution in [0.25, 0.3) is 34.4 Å². The number of hydrogen-bond acceptors (Lipinski definition) is 0. The van der Waals surface area contributed by atoms with Crippen molar-refractivity contribution in [1.82, 2.24) is 0 Å². The second kappa shape index (κ2) is 9.00. The highest BCUT2D eigenvalue weighted by molar-refractivity contribution is 5.83. The van der Waals surface area contributed by atoms with Crippen molar-refractivity contribution in [3.8, 4) is 22.3 Å². The van der Waals surface area contributed by atoms with Crippen molar-refractivity contribution in [3.63, 3.8) is 0 Å². The Labute approximate surface area is 201 Å². The summed E-state index contributed by atoms with van der Waals surface area (Å²) in [5.41, 5.74) is 14.0. The highest BCUT2D eigenvalue weighted by Crippen LogP contribution is 2.38. The first-order chi connectivity index (χ1) is 16.9. The molecule has 0 saturated carbocycles. The molecule has 5 aromatic carbocycles. The quantitative estimate of drug-likeness (QED) is 0.239. The lowest BCUT2D eigenvalue weighted by molar-refractivity contribution is 1.25. The van der Waals surface area contributed by atoms with Crippen molar-refractivity contribution < 1.29 is 0 Å². The molecule has 0 saturated heterocycles. The molecule has 0 N–H and O–H groups in total. The van der Waals surface area contributed by atoms with Crippen molar-refractivity contribution >= 4 is 12.2 Å². The zero-order chi connectivity index (χ0) is 22.7. The van der Waals surface area contributed by atoms with Crippen molar-refractivity contribution in [3.05, 3.63) is 155 Å². The summed E-state index contributed by atoms with van der Waals surface area (Å²) in [5.74, 6) is 0. The van der Waals surface area contributed by atoms with Crippen LogP contribution in [0, 0.1) is 0 Å². The third-order valence-corrected chi connectivity index (χ3v) is 6.85. The van der Waals surface area contributed by atoms with Crippen LogP contribution in [0.15, 0.2) is 121 Å². The first-order valence-electron chi connectivity index (χ1n) is 12.0. The summed E-state index contributed by atoms with van der Waals surface area (Å²) in [6.45, 7) is 0. The molecule has 0 nitrogen and oxygen atoms in total. The Morgan fingerprint density at radius 3 is 1.53 bits per heavy atom. The van der Waals surface area contributed by atoms with Crippen LogP contribution in [0.2, 0.25) is 0 Å². The third-order valence-electron chi connectivity index (χ3n) is 6.85. The van der Waals surface area contributed by atoms with Crippen LogP contribution in [0.5, 0.6) is 0 Å². The smallest absolute Gasteiger partial charge is 0.000751 e. The zero-order valence-corrected chi connectivity index (χ0v) is 19.1. The molecular formula is C34H26. The summed E-state index contributed by atoms with van der Waals surface area (Å²) in [7, 11) is 0. The molecule has 0 bridgehead atoms. The van der Waals surface area contributed by atoms with Crippen LogP contribution in [-0.4, -0.2) is 0 Å². The topological polar surface area (TPSA) is 0 Å². The van der Waals surface area contributed by atoms with Gasteiger partial charge in [0.1, 0.15) is 0 Å². The van der Waals surface area contributed by atoms with Gasteiger partial charge in [-0.1, -0.05) is 133 Å². The van der Waals surface area contributed by atoms with Gasteiger partial charge in [-0.25, -0.2) is 0 Å². The Hall–Kier alpha value is -4.16. The second-order valence-corrected chi connectivity index (χ2v) is 8.94. The van der Waals surface area contributed by atoms with E-state index >= 15 is 0 Å². The van der Waals surface area contributed by atoms with Gasteiger partial charge in [-0.3, -0.25) is 0 Å². The van der Waals surface area contributed by atoms with E-state index in [9.17, 15) is 0 Å². The Morgan fingerprint density at radius 2 is 0.882 bits per heavy atom. The van der Waals surface area contributed by atoms with E-state index in [1.54, 1.807) is 0 Å². The summed E-state index contributed by atoms with van der Waals surface area (Å²) in [4.78, 5) is 0. The van der Waals surface area contributed by atoms with E-state index in [0.717, 1.165) is 12.8 Å². The molecule has 0 heteroatoms. The van der Waals surface area contributed by atoms with Crippen LogP contribution >= 0.6 is 0 Å². The minimum atomic E-state index is 1.04. The van der Waals surface area contributed by atoms with Gasteiger partial charge in [-0.15, -0.1) is 0 Å². The van der Waals surface area contributed by atoms with E-state index in [4.69, 9.17) is 0 Å². The number of hydrogen-bond donors (Lipinski definition) is 0. The highest BCUT2D eigenvalue weighted by atomic mass is 14.2. The minimum absolute atomic E-state index is 1.04. The maximum atomic E-state index is 2.24. The van der Waals surface area contributed by atoms with E-state index in [-0.39, 0.29) is 0 Å². The van der Waals surface area contributed by atoms with Gasteiger partial charge in [0.15, 0.2) is 0 Å². The molecule has 0 aliphatic heterocycles. The van der Waals surface area contributed by atoms with Gasteiger partial charge >= 0.3 is 0 Å². The van der Waals surface area contributed by atoms with Crippen LogP contribution in [0.1, 0.15) is 33.4 Å². The minimum Gasteiger partial charge on any atom is -0.0622 e. The molecule has 34 heavy (non-hydrogen) atoms. The molecule has 0 heterocycles. The Balaban J connectivity index is 0.000000143. The van der Waals surface area contributed by atoms with Crippen molar-refractivity contribution in [1.29, 1.82) is 0 Å². The molecule has 162 valence electrons. The summed E-state index contributed by atoms with van der Waals surface area (Å²) in [5, 5.41) is 0. The van der Waals surface area contributed by atoms with E-state index < -0.39 is 0 Å². The molecule has 0 unspecified atom stereocenters. The Morgan fingerprint density at radius 1 is 0.382 bits per heavy atom. The van der Waals surface area contributed by atoms with E-state index in [1.807, 2.05) is 6.07 Å². The highest BCUT2D eigenvalue weighted by Gasteiger charge is 2.19. The number of benzene rings is 5. The van der Waals surface area contributed by atoms with Gasteiger partial charge in [0, 0.05) is 0 Å². The van der Waals surface area contributed by atoms with E-state index in [0.29, 0.717) is 0 Å². The molecular weight excluding hydrogens is 408 g/mol. The largest absolute Gasteiger partial charge is 0.0622 e. The molecule has 0 amide bonds. The average molecular weight is 435 g/mol. The van der Waals surface area contributed by atoms with Crippen LogP contribution in [0.4, 0.5) is 0 Å². The molecule has 2 aliphatic carbocycles. The normalized spacial score (nSPS) is 12.4. The standard InChI is InChI=1S/C21H16.C13H10/c1-2-7-16(8-3-1)13-14-17-10-6-12-20-19-11-5-4-9-18(19)15-21(17)20;1-3-7-12-10(5-1)9-11-6-2-4-8-13(11)12/h1-14H,15H2;1-8H,9H2. The Kier molecular flexibility index (Phi) is 5.41. The van der Waals surface area contributed by atoms with Crippen LogP contribution in [0.3, 0.4) is 0 Å². The van der Waals surface area contributed by atoms with Crippen molar-refractivity contribution in [2.45, 2.75) is 12.8 Å². The summed E-state index contributed by atoms with van der Waals surface area (Å²) >= 11 is 0. The van der Waals surface area contributed by atoms with Gasteiger partial charge in [0.05, 0.1) is 0 Å². The SMILES string of the molecule is C(=Cc1cccc2c1Cc1ccccc1-2)c1ccccc1.c1ccc2c(c1)Cc1ccccc1-2. The molecule has 0 atom stereocenters.